The zero-order valence-electron chi connectivity index (χ0n) is 18.9. The number of urea groups is 1. The molecule has 0 atom stereocenters. The number of hydrogen-bond acceptors (Lipinski definition) is 4. The van der Waals surface area contributed by atoms with Crippen LogP contribution in [0.2, 0.25) is 5.02 Å². The highest BCUT2D eigenvalue weighted by atomic mass is 35.5. The molecule has 3 amide bonds. The second-order valence-electron chi connectivity index (χ2n) is 8.49. The lowest BCUT2D eigenvalue weighted by atomic mass is 9.96. The van der Waals surface area contributed by atoms with Crippen molar-refractivity contribution in [2.24, 2.45) is 0 Å². The molecular formula is C25H22ClF2N5O2. The fourth-order valence-electron chi connectivity index (χ4n) is 4.76. The van der Waals surface area contributed by atoms with E-state index in [2.05, 4.69) is 22.2 Å². The fraction of sp³-hybridized carbons (Fsp3) is 0.240. The molecule has 10 heteroatoms. The zero-order valence-corrected chi connectivity index (χ0v) is 19.7. The van der Waals surface area contributed by atoms with Crippen LogP contribution >= 0.6 is 11.6 Å². The van der Waals surface area contributed by atoms with E-state index in [9.17, 15) is 14.0 Å². The Labute approximate surface area is 205 Å². The number of aryl methyl sites for hydroxylation is 1. The van der Waals surface area contributed by atoms with Crippen LogP contribution in [0, 0.1) is 18.6 Å². The average molecular weight is 498 g/mol. The third kappa shape index (κ3) is 3.85. The van der Waals surface area contributed by atoms with Crippen LogP contribution in [0.25, 0.3) is 22.0 Å². The quantitative estimate of drug-likeness (QED) is 0.518. The zero-order chi connectivity index (χ0) is 24.9. The number of amides is 3. The topological polar surface area (TPSA) is 77.6 Å². The Morgan fingerprint density at radius 3 is 2.63 bits per heavy atom. The van der Waals surface area contributed by atoms with E-state index in [1.165, 1.54) is 12.1 Å². The first-order valence-corrected chi connectivity index (χ1v) is 11.5. The summed E-state index contributed by atoms with van der Waals surface area (Å²) in [6, 6.07) is 5.63. The monoisotopic (exact) mass is 497 g/mol. The van der Waals surface area contributed by atoms with E-state index in [-0.39, 0.29) is 39.9 Å². The lowest BCUT2D eigenvalue weighted by Crippen LogP contribution is -2.49. The van der Waals surface area contributed by atoms with Crippen LogP contribution in [0.4, 0.5) is 25.1 Å². The van der Waals surface area contributed by atoms with E-state index in [0.717, 1.165) is 0 Å². The molecular weight excluding hydrogens is 476 g/mol. The van der Waals surface area contributed by atoms with Gasteiger partial charge >= 0.3 is 6.03 Å². The van der Waals surface area contributed by atoms with Crippen LogP contribution in [-0.4, -0.2) is 48.0 Å². The summed E-state index contributed by atoms with van der Waals surface area (Å²) in [7, 11) is 0. The van der Waals surface area contributed by atoms with Gasteiger partial charge < -0.3 is 15.1 Å². The summed E-state index contributed by atoms with van der Waals surface area (Å²) in [5, 5.41) is 5.89. The van der Waals surface area contributed by atoms with E-state index >= 15 is 4.39 Å². The van der Waals surface area contributed by atoms with Gasteiger partial charge in [-0.15, -0.1) is 0 Å². The summed E-state index contributed by atoms with van der Waals surface area (Å²) >= 11 is 6.59. The SMILES string of the molecule is C=CC(=O)N1CCN(c2c3c(nc4c(F)c(-c5c(C)cccc5F)c(Cl)cc24)NC(=O)NC3)CC1. The highest BCUT2D eigenvalue weighted by Crippen LogP contribution is 2.43. The molecule has 1 saturated heterocycles. The van der Waals surface area contributed by atoms with Crippen molar-refractivity contribution in [2.75, 3.05) is 36.4 Å². The molecule has 7 nitrogen and oxygen atoms in total. The number of benzene rings is 2. The van der Waals surface area contributed by atoms with E-state index in [1.54, 1.807) is 30.0 Å². The number of aromatic nitrogens is 1. The molecule has 2 aliphatic heterocycles. The van der Waals surface area contributed by atoms with Gasteiger partial charge in [0.25, 0.3) is 0 Å². The third-order valence-corrected chi connectivity index (χ3v) is 6.75. The Morgan fingerprint density at radius 2 is 1.94 bits per heavy atom. The Balaban J connectivity index is 1.72. The summed E-state index contributed by atoms with van der Waals surface area (Å²) < 4.78 is 30.8. The van der Waals surface area contributed by atoms with E-state index in [0.29, 0.717) is 48.4 Å². The van der Waals surface area contributed by atoms with Gasteiger partial charge in [-0.3, -0.25) is 10.1 Å². The van der Waals surface area contributed by atoms with Crippen molar-refractivity contribution >= 4 is 45.9 Å². The summed E-state index contributed by atoms with van der Waals surface area (Å²) in [4.78, 5) is 32.2. The third-order valence-electron chi connectivity index (χ3n) is 6.45. The number of pyridine rings is 1. The molecule has 0 radical (unpaired) electrons. The highest BCUT2D eigenvalue weighted by Gasteiger charge is 2.30. The number of nitrogens with one attached hydrogen (secondary N) is 2. The predicted molar refractivity (Wildman–Crippen MR) is 132 cm³/mol. The molecule has 35 heavy (non-hydrogen) atoms. The van der Waals surface area contributed by atoms with Crippen LogP contribution < -0.4 is 15.5 Å². The Morgan fingerprint density at radius 1 is 1.20 bits per heavy atom. The number of rotatable bonds is 3. The van der Waals surface area contributed by atoms with Gasteiger partial charge in [0, 0.05) is 48.3 Å². The molecule has 1 aromatic heterocycles. The average Bonchev–Trinajstić information content (AvgIpc) is 2.84. The predicted octanol–water partition coefficient (Wildman–Crippen LogP) is 4.61. The fourth-order valence-corrected chi connectivity index (χ4v) is 5.05. The minimum atomic E-state index is -0.766. The number of carbonyl (C=O) groups excluding carboxylic acids is 2. The van der Waals surface area contributed by atoms with E-state index in [4.69, 9.17) is 11.6 Å². The lowest BCUT2D eigenvalue weighted by molar-refractivity contribution is -0.126. The van der Waals surface area contributed by atoms with Gasteiger partial charge in [0.2, 0.25) is 5.91 Å². The summed E-state index contributed by atoms with van der Waals surface area (Å²) in [5.74, 6) is -1.28. The molecule has 0 bridgehead atoms. The van der Waals surface area contributed by atoms with Gasteiger partial charge in [-0.1, -0.05) is 30.3 Å². The van der Waals surface area contributed by atoms with Crippen LogP contribution in [0.5, 0.6) is 0 Å². The highest BCUT2D eigenvalue weighted by molar-refractivity contribution is 6.34. The molecule has 3 aromatic rings. The lowest BCUT2D eigenvalue weighted by Gasteiger charge is -2.38. The molecule has 2 aromatic carbocycles. The largest absolute Gasteiger partial charge is 0.367 e. The molecule has 180 valence electrons. The molecule has 5 rings (SSSR count). The van der Waals surface area contributed by atoms with E-state index in [1.807, 2.05) is 4.90 Å². The molecule has 0 saturated carbocycles. The number of hydrogen-bond donors (Lipinski definition) is 2. The first kappa shape index (κ1) is 23.0. The van der Waals surface area contributed by atoms with Gasteiger partial charge in [-0.25, -0.2) is 18.6 Å². The second-order valence-corrected chi connectivity index (χ2v) is 8.89. The van der Waals surface area contributed by atoms with Crippen LogP contribution in [0.1, 0.15) is 11.1 Å². The maximum atomic E-state index is 16.1. The Kier molecular flexibility index (Phi) is 5.80. The Hall–Kier alpha value is -3.72. The second kappa shape index (κ2) is 8.81. The van der Waals surface area contributed by atoms with E-state index < -0.39 is 17.7 Å². The normalized spacial score (nSPS) is 15.5. The maximum absolute atomic E-state index is 16.1. The van der Waals surface area contributed by atoms with Gasteiger partial charge in [0.05, 0.1) is 17.3 Å². The smallest absolute Gasteiger partial charge is 0.320 e. The molecule has 0 unspecified atom stereocenters. The van der Waals surface area contributed by atoms with Crippen LogP contribution in [0.15, 0.2) is 36.9 Å². The minimum absolute atomic E-state index is 0.0207. The van der Waals surface area contributed by atoms with Crippen molar-refractivity contribution in [3.05, 3.63) is 64.7 Å². The number of nitrogens with zero attached hydrogens (tertiary/aromatic N) is 3. The van der Waals surface area contributed by atoms with Crippen molar-refractivity contribution in [2.45, 2.75) is 13.5 Å². The molecule has 0 aliphatic carbocycles. The van der Waals surface area contributed by atoms with Crippen LogP contribution in [-0.2, 0) is 11.3 Å². The first-order valence-electron chi connectivity index (χ1n) is 11.1. The maximum Gasteiger partial charge on any atom is 0.320 e. The molecule has 3 heterocycles. The number of carbonyl (C=O) groups is 2. The minimum Gasteiger partial charge on any atom is -0.367 e. The number of fused-ring (bicyclic) bond motifs is 2. The van der Waals surface area contributed by atoms with Gasteiger partial charge in [-0.05, 0) is 30.7 Å². The number of anilines is 2. The first-order chi connectivity index (χ1) is 16.8. The molecule has 2 aliphatic rings. The van der Waals surface area contributed by atoms with Crippen molar-refractivity contribution in [1.82, 2.24) is 15.2 Å². The van der Waals surface area contributed by atoms with Crippen molar-refractivity contribution in [3.8, 4) is 11.1 Å². The molecule has 1 fully saturated rings. The molecule has 2 N–H and O–H groups in total. The van der Waals surface area contributed by atoms with Crippen LogP contribution in [0.3, 0.4) is 0 Å². The van der Waals surface area contributed by atoms with Gasteiger partial charge in [0.15, 0.2) is 5.82 Å². The van der Waals surface area contributed by atoms with Gasteiger partial charge in [0.1, 0.15) is 17.2 Å². The molecule has 0 spiro atoms. The summed E-state index contributed by atoms with van der Waals surface area (Å²) in [5.41, 5.74) is 1.86. The summed E-state index contributed by atoms with van der Waals surface area (Å²) in [6.45, 7) is 7.27. The van der Waals surface area contributed by atoms with Crippen molar-refractivity contribution in [3.63, 3.8) is 0 Å². The summed E-state index contributed by atoms with van der Waals surface area (Å²) in [6.07, 6.45) is 1.28. The van der Waals surface area contributed by atoms with Gasteiger partial charge in [-0.2, -0.15) is 0 Å². The van der Waals surface area contributed by atoms with Crippen molar-refractivity contribution < 1.29 is 18.4 Å². The standard InChI is InChI=1S/C25H22ClF2N5O2/c1-3-18(34)32-7-9-33(10-8-32)23-14-11-16(26)20(19-13(2)5-4-6-17(19)27)21(28)22(14)30-24-15(23)12-29-25(35)31-24/h3-6,11H,1,7-10,12H2,2H3,(H2,29,30,31,35). The Bertz CT molecular complexity index is 1380. The van der Waals surface area contributed by atoms with Crippen molar-refractivity contribution in [1.29, 1.82) is 0 Å². The number of piperazine rings is 1. The number of halogens is 3.